The summed E-state index contributed by atoms with van der Waals surface area (Å²) in [5.74, 6) is 0.00659. The molecule has 268 valence electrons. The largest absolute Gasteiger partial charge is 0.481 e. The molecule has 1 unspecified atom stereocenters. The summed E-state index contributed by atoms with van der Waals surface area (Å²) in [7, 11) is 0. The molecule has 5 fully saturated rings. The molecule has 48 heavy (non-hydrogen) atoms. The van der Waals surface area contributed by atoms with Gasteiger partial charge in [0.1, 0.15) is 11.9 Å². The first-order valence-corrected chi connectivity index (χ1v) is 19.3. The van der Waals surface area contributed by atoms with Gasteiger partial charge in [-0.15, -0.1) is 0 Å². The van der Waals surface area contributed by atoms with Gasteiger partial charge in [-0.2, -0.15) is 0 Å². The second kappa shape index (κ2) is 11.7. The number of hydrogen-bond donors (Lipinski definition) is 1. The fraction of sp³-hybridized carbons (Fsp3) is 0.854. The molecule has 8 atom stereocenters. The molecule has 6 aliphatic rings. The van der Waals surface area contributed by atoms with Crippen LogP contribution in [-0.4, -0.2) is 52.8 Å². The number of carbonyl (C=O) groups is 4. The van der Waals surface area contributed by atoms with Crippen LogP contribution in [0, 0.1) is 56.2 Å². The number of ketones is 1. The van der Waals surface area contributed by atoms with E-state index in [0.717, 1.165) is 77.3 Å². The van der Waals surface area contributed by atoms with Gasteiger partial charge in [0, 0.05) is 30.8 Å². The minimum atomic E-state index is -1.16. The molecule has 1 saturated heterocycles. The van der Waals surface area contributed by atoms with Crippen molar-refractivity contribution in [3.8, 4) is 0 Å². The zero-order valence-corrected chi connectivity index (χ0v) is 31.4. The minimum absolute atomic E-state index is 0.0391. The van der Waals surface area contributed by atoms with Gasteiger partial charge in [-0.1, -0.05) is 54.0 Å². The van der Waals surface area contributed by atoms with Crippen molar-refractivity contribution in [3.05, 3.63) is 11.1 Å². The lowest BCUT2D eigenvalue weighted by Crippen LogP contribution is -2.64. The van der Waals surface area contributed by atoms with Crippen LogP contribution in [0.1, 0.15) is 146 Å². The molecule has 1 amide bonds. The number of aliphatic carboxylic acids is 1. The molecular formula is C41H63NO6. The van der Waals surface area contributed by atoms with E-state index in [1.54, 1.807) is 13.8 Å². The van der Waals surface area contributed by atoms with Gasteiger partial charge in [0.15, 0.2) is 0 Å². The molecule has 0 bridgehead atoms. The molecule has 4 saturated carbocycles. The number of carboxylic acid groups (broad SMARTS) is 1. The van der Waals surface area contributed by atoms with Gasteiger partial charge in [0.2, 0.25) is 5.91 Å². The van der Waals surface area contributed by atoms with Crippen LogP contribution in [-0.2, 0) is 23.9 Å². The van der Waals surface area contributed by atoms with Crippen LogP contribution in [0.2, 0.25) is 0 Å². The van der Waals surface area contributed by atoms with Crippen molar-refractivity contribution < 1.29 is 29.0 Å². The van der Waals surface area contributed by atoms with Gasteiger partial charge in [-0.05, 0) is 124 Å². The smallest absolute Gasteiger partial charge is 0.309 e. The number of esters is 1. The van der Waals surface area contributed by atoms with Crippen LogP contribution in [0.15, 0.2) is 11.1 Å². The second-order valence-electron chi connectivity index (χ2n) is 19.3. The van der Waals surface area contributed by atoms with E-state index < -0.39 is 22.8 Å². The Hall–Kier alpha value is -2.18. The van der Waals surface area contributed by atoms with E-state index in [9.17, 15) is 24.3 Å². The Bertz CT molecular complexity index is 1400. The highest BCUT2D eigenvalue weighted by molar-refractivity contribution is 6.00. The second-order valence-corrected chi connectivity index (χ2v) is 19.3. The van der Waals surface area contributed by atoms with Crippen molar-refractivity contribution in [1.82, 2.24) is 4.90 Å². The van der Waals surface area contributed by atoms with Crippen molar-refractivity contribution >= 4 is 23.6 Å². The molecule has 0 aromatic rings. The first-order chi connectivity index (χ1) is 22.3. The molecule has 5 aliphatic carbocycles. The standard InChI is InChI=1S/C41H63NO6/c1-25(2)32-27(43)23-41(34(45)42-21-11-10-12-22-42)20-19-39(8)26(33(32)41)13-14-29-38(7)17-16-30(48-31(44)24-36(3,4)35(46)47)37(5,6)28(38)15-18-40(29,39)9/h25,28-30,32H,10-24H2,1-9H3,(H,46,47)/t28-,29+,30-,32?,38-,39+,40+,41+/m0/s1. The molecule has 0 aromatic carbocycles. The molecule has 7 nitrogen and oxygen atoms in total. The number of fused-ring (bicyclic) bond motifs is 6. The van der Waals surface area contributed by atoms with E-state index >= 15 is 0 Å². The maximum atomic E-state index is 14.6. The highest BCUT2D eigenvalue weighted by Gasteiger charge is 2.70. The number of nitrogens with zero attached hydrogens (tertiary/aromatic N) is 1. The summed E-state index contributed by atoms with van der Waals surface area (Å²) in [6, 6.07) is 0. The minimum Gasteiger partial charge on any atom is -0.481 e. The number of carbonyl (C=O) groups excluding carboxylic acids is 3. The molecular weight excluding hydrogens is 602 g/mol. The average Bonchev–Trinajstić information content (AvgIpc) is 3.32. The lowest BCUT2D eigenvalue weighted by atomic mass is 9.34. The number of carboxylic acids is 1. The van der Waals surface area contributed by atoms with E-state index in [-0.39, 0.29) is 57.7 Å². The Morgan fingerprint density at radius 2 is 1.58 bits per heavy atom. The quantitative estimate of drug-likeness (QED) is 0.226. The van der Waals surface area contributed by atoms with Gasteiger partial charge in [-0.3, -0.25) is 19.2 Å². The van der Waals surface area contributed by atoms with Crippen molar-refractivity contribution in [2.45, 2.75) is 152 Å². The first kappa shape index (κ1) is 35.6. The van der Waals surface area contributed by atoms with Crippen LogP contribution in [0.3, 0.4) is 0 Å². The first-order valence-electron chi connectivity index (χ1n) is 19.3. The lowest BCUT2D eigenvalue weighted by Gasteiger charge is -2.70. The van der Waals surface area contributed by atoms with Crippen LogP contribution in [0.5, 0.6) is 0 Å². The SMILES string of the molecule is CC(C)C1C(=O)C[C@]2(C(=O)N3CCCCC3)CC[C@]3(C)C(=C12)CC[C@@H]1[C@@]2(C)CC[C@H](OC(=O)CC(C)(C)C(=O)O)C(C)(C)[C@@H]2CC[C@]13C. The van der Waals surface area contributed by atoms with E-state index in [0.29, 0.717) is 18.3 Å². The fourth-order valence-electron chi connectivity index (χ4n) is 13.0. The van der Waals surface area contributed by atoms with Crippen molar-refractivity contribution in [1.29, 1.82) is 0 Å². The zero-order chi connectivity index (χ0) is 35.2. The predicted octanol–water partition coefficient (Wildman–Crippen LogP) is 8.39. The molecule has 0 spiro atoms. The zero-order valence-electron chi connectivity index (χ0n) is 31.4. The Kier molecular flexibility index (Phi) is 8.68. The van der Waals surface area contributed by atoms with E-state index in [4.69, 9.17) is 4.74 Å². The van der Waals surface area contributed by atoms with Crippen molar-refractivity contribution in [3.63, 3.8) is 0 Å². The summed E-state index contributed by atoms with van der Waals surface area (Å²) < 4.78 is 6.15. The summed E-state index contributed by atoms with van der Waals surface area (Å²) in [4.78, 5) is 55.5. The molecule has 6 rings (SSSR count). The molecule has 7 heteroatoms. The number of rotatable bonds is 6. The van der Waals surface area contributed by atoms with Crippen LogP contribution >= 0.6 is 0 Å². The molecule has 1 N–H and O–H groups in total. The topological polar surface area (TPSA) is 101 Å². The summed E-state index contributed by atoms with van der Waals surface area (Å²) in [6.45, 7) is 21.3. The Balaban J connectivity index is 1.33. The summed E-state index contributed by atoms with van der Waals surface area (Å²) >= 11 is 0. The van der Waals surface area contributed by atoms with E-state index in [1.807, 2.05) is 0 Å². The van der Waals surface area contributed by atoms with Gasteiger partial charge in [0.05, 0.1) is 17.3 Å². The van der Waals surface area contributed by atoms with Gasteiger partial charge in [-0.25, -0.2) is 0 Å². The number of amides is 1. The normalized spacial score (nSPS) is 40.9. The maximum absolute atomic E-state index is 14.6. The number of allylic oxidation sites excluding steroid dienone is 1. The third-order valence-electron chi connectivity index (χ3n) is 15.8. The molecule has 1 aliphatic heterocycles. The Morgan fingerprint density at radius 3 is 2.21 bits per heavy atom. The monoisotopic (exact) mass is 665 g/mol. The summed E-state index contributed by atoms with van der Waals surface area (Å²) in [6.07, 6.45) is 11.0. The summed E-state index contributed by atoms with van der Waals surface area (Å²) in [5.41, 5.74) is 0.707. The summed E-state index contributed by atoms with van der Waals surface area (Å²) in [5, 5.41) is 9.58. The van der Waals surface area contributed by atoms with Crippen LogP contribution in [0.4, 0.5) is 0 Å². The highest BCUT2D eigenvalue weighted by atomic mass is 16.5. The number of Topliss-reactive ketones (excluding diaryl/α,β-unsaturated/α-hetero) is 1. The van der Waals surface area contributed by atoms with Crippen molar-refractivity contribution in [2.24, 2.45) is 56.2 Å². The lowest BCUT2D eigenvalue weighted by molar-refractivity contribution is -0.214. The van der Waals surface area contributed by atoms with Crippen molar-refractivity contribution in [2.75, 3.05) is 13.1 Å². The van der Waals surface area contributed by atoms with Gasteiger partial charge >= 0.3 is 11.9 Å². The third kappa shape index (κ3) is 5.00. The predicted molar refractivity (Wildman–Crippen MR) is 186 cm³/mol. The molecule has 0 radical (unpaired) electrons. The highest BCUT2D eigenvalue weighted by Crippen LogP contribution is 2.76. The van der Waals surface area contributed by atoms with Gasteiger partial charge < -0.3 is 14.7 Å². The van der Waals surface area contributed by atoms with Gasteiger partial charge in [0.25, 0.3) is 0 Å². The number of hydrogen-bond acceptors (Lipinski definition) is 5. The number of ether oxygens (including phenoxy) is 1. The fourth-order valence-corrected chi connectivity index (χ4v) is 13.0. The Morgan fingerprint density at radius 1 is 0.917 bits per heavy atom. The molecule has 0 aromatic heterocycles. The average molecular weight is 666 g/mol. The molecule has 1 heterocycles. The number of piperidine rings is 1. The van der Waals surface area contributed by atoms with E-state index in [1.165, 1.54) is 17.6 Å². The third-order valence-corrected chi connectivity index (χ3v) is 15.8. The van der Waals surface area contributed by atoms with E-state index in [2.05, 4.69) is 53.4 Å². The van der Waals surface area contributed by atoms with Crippen LogP contribution in [0.25, 0.3) is 0 Å². The van der Waals surface area contributed by atoms with Crippen LogP contribution < -0.4 is 0 Å². The number of likely N-dealkylation sites (tertiary alicyclic amines) is 1. The maximum Gasteiger partial charge on any atom is 0.309 e. The Labute approximate surface area is 289 Å².